The first-order valence-electron chi connectivity index (χ1n) is 5.36. The number of hydrogen-bond donors (Lipinski definition) is 1. The maximum absolute atomic E-state index is 5.93. The zero-order valence-electron chi connectivity index (χ0n) is 9.83. The Morgan fingerprint density at radius 3 is 2.41 bits per heavy atom. The molecule has 0 aromatic heterocycles. The second-order valence-corrected chi connectivity index (χ2v) is 5.58. The summed E-state index contributed by atoms with van der Waals surface area (Å²) in [6.45, 7) is 4.23. The number of anilines is 1. The molecule has 0 amide bonds. The van der Waals surface area contributed by atoms with Crippen LogP contribution in [-0.4, -0.2) is 0 Å². The Labute approximate surface area is 111 Å². The molecule has 1 nitrogen and oxygen atoms in total. The van der Waals surface area contributed by atoms with E-state index in [1.807, 2.05) is 12.1 Å². The summed E-state index contributed by atoms with van der Waals surface area (Å²) < 4.78 is 0. The Bertz CT molecular complexity index is 552. The van der Waals surface area contributed by atoms with Crippen LogP contribution < -0.4 is 5.73 Å². The maximum Gasteiger partial charge on any atom is 0.0470 e. The fourth-order valence-corrected chi connectivity index (χ4v) is 2.64. The number of hydrogen-bond acceptors (Lipinski definition) is 2. The van der Waals surface area contributed by atoms with E-state index in [2.05, 4.69) is 32.0 Å². The molecule has 0 aliphatic heterocycles. The van der Waals surface area contributed by atoms with Crippen molar-refractivity contribution in [3.63, 3.8) is 0 Å². The van der Waals surface area contributed by atoms with Crippen LogP contribution >= 0.6 is 23.4 Å². The van der Waals surface area contributed by atoms with Crippen molar-refractivity contribution in [1.82, 2.24) is 0 Å². The third-order valence-electron chi connectivity index (χ3n) is 2.68. The largest absolute Gasteiger partial charge is 0.398 e. The van der Waals surface area contributed by atoms with Crippen LogP contribution in [0.5, 0.6) is 0 Å². The molecule has 2 aromatic rings. The van der Waals surface area contributed by atoms with Crippen LogP contribution in [0.3, 0.4) is 0 Å². The van der Waals surface area contributed by atoms with E-state index in [0.29, 0.717) is 5.02 Å². The first-order chi connectivity index (χ1) is 8.06. The molecule has 0 unspecified atom stereocenters. The summed E-state index contributed by atoms with van der Waals surface area (Å²) in [4.78, 5) is 2.24. The van der Waals surface area contributed by atoms with Crippen molar-refractivity contribution in [2.75, 3.05) is 5.73 Å². The van der Waals surface area contributed by atoms with Crippen LogP contribution in [0.1, 0.15) is 11.1 Å². The van der Waals surface area contributed by atoms with Gasteiger partial charge in [-0.05, 0) is 55.3 Å². The Kier molecular flexibility index (Phi) is 3.65. The number of rotatable bonds is 2. The zero-order chi connectivity index (χ0) is 12.4. The summed E-state index contributed by atoms with van der Waals surface area (Å²) in [7, 11) is 0. The van der Waals surface area contributed by atoms with Crippen LogP contribution in [-0.2, 0) is 0 Å². The summed E-state index contributed by atoms with van der Waals surface area (Å²) in [6.07, 6.45) is 0. The molecule has 2 N–H and O–H groups in total. The quantitative estimate of drug-likeness (QED) is 0.796. The summed E-state index contributed by atoms with van der Waals surface area (Å²) in [5.41, 5.74) is 9.25. The first-order valence-corrected chi connectivity index (χ1v) is 6.56. The molecule has 0 saturated heterocycles. The second-order valence-electron chi connectivity index (χ2n) is 4.03. The Hall–Kier alpha value is -1.12. The minimum Gasteiger partial charge on any atom is -0.398 e. The van der Waals surface area contributed by atoms with E-state index in [9.17, 15) is 0 Å². The number of halogens is 1. The van der Waals surface area contributed by atoms with E-state index in [1.54, 1.807) is 17.8 Å². The molecular formula is C14H14ClNS. The molecule has 0 heterocycles. The predicted molar refractivity (Wildman–Crippen MR) is 75.9 cm³/mol. The molecule has 0 aliphatic carbocycles. The van der Waals surface area contributed by atoms with Crippen molar-refractivity contribution in [1.29, 1.82) is 0 Å². The Morgan fingerprint density at radius 1 is 1.00 bits per heavy atom. The van der Waals surface area contributed by atoms with Gasteiger partial charge in [-0.1, -0.05) is 29.4 Å². The molecule has 2 rings (SSSR count). The minimum absolute atomic E-state index is 0.673. The fraction of sp³-hybridized carbons (Fsp3) is 0.143. The fourth-order valence-electron chi connectivity index (χ4n) is 1.52. The van der Waals surface area contributed by atoms with E-state index in [1.165, 1.54) is 16.0 Å². The van der Waals surface area contributed by atoms with E-state index >= 15 is 0 Å². The average Bonchev–Trinajstić information content (AvgIpc) is 2.27. The number of aryl methyl sites for hydroxylation is 2. The SMILES string of the molecule is Cc1ccc(Sc2ccc(Cl)cc2N)cc1C. The van der Waals surface area contributed by atoms with Gasteiger partial charge in [-0.2, -0.15) is 0 Å². The molecule has 0 radical (unpaired) electrons. The van der Waals surface area contributed by atoms with Gasteiger partial charge in [0.05, 0.1) is 0 Å². The molecule has 17 heavy (non-hydrogen) atoms. The minimum atomic E-state index is 0.673. The van der Waals surface area contributed by atoms with Crippen LogP contribution in [0, 0.1) is 13.8 Å². The van der Waals surface area contributed by atoms with Crippen molar-refractivity contribution in [2.24, 2.45) is 0 Å². The molecule has 3 heteroatoms. The zero-order valence-corrected chi connectivity index (χ0v) is 11.4. The lowest BCUT2D eigenvalue weighted by Crippen LogP contribution is -1.88. The number of nitrogens with two attached hydrogens (primary N) is 1. The van der Waals surface area contributed by atoms with Gasteiger partial charge in [-0.3, -0.25) is 0 Å². The highest BCUT2D eigenvalue weighted by atomic mass is 35.5. The third-order valence-corrected chi connectivity index (χ3v) is 3.99. The number of benzene rings is 2. The normalized spacial score (nSPS) is 10.5. The summed E-state index contributed by atoms with van der Waals surface area (Å²) >= 11 is 7.54. The van der Waals surface area contributed by atoms with Gasteiger partial charge in [0.1, 0.15) is 0 Å². The molecule has 88 valence electrons. The lowest BCUT2D eigenvalue weighted by Gasteiger charge is -2.07. The molecular weight excluding hydrogens is 250 g/mol. The monoisotopic (exact) mass is 263 g/mol. The molecule has 0 spiro atoms. The van der Waals surface area contributed by atoms with Crippen molar-refractivity contribution in [3.8, 4) is 0 Å². The average molecular weight is 264 g/mol. The summed E-state index contributed by atoms with van der Waals surface area (Å²) in [5, 5.41) is 0.673. The van der Waals surface area contributed by atoms with E-state index < -0.39 is 0 Å². The topological polar surface area (TPSA) is 26.0 Å². The third kappa shape index (κ3) is 2.96. The number of nitrogen functional groups attached to an aromatic ring is 1. The van der Waals surface area contributed by atoms with Crippen LogP contribution in [0.25, 0.3) is 0 Å². The molecule has 0 saturated carbocycles. The summed E-state index contributed by atoms with van der Waals surface area (Å²) in [5.74, 6) is 0. The second kappa shape index (κ2) is 5.03. The first kappa shape index (κ1) is 12.3. The summed E-state index contributed by atoms with van der Waals surface area (Å²) in [6, 6.07) is 12.0. The predicted octanol–water partition coefficient (Wildman–Crippen LogP) is 4.69. The van der Waals surface area contributed by atoms with Gasteiger partial charge in [0.2, 0.25) is 0 Å². The maximum atomic E-state index is 5.93. The van der Waals surface area contributed by atoms with Crippen LogP contribution in [0.15, 0.2) is 46.2 Å². The van der Waals surface area contributed by atoms with Gasteiger partial charge < -0.3 is 5.73 Å². The highest BCUT2D eigenvalue weighted by Crippen LogP contribution is 2.34. The molecule has 0 aliphatic rings. The highest BCUT2D eigenvalue weighted by Gasteiger charge is 2.03. The highest BCUT2D eigenvalue weighted by molar-refractivity contribution is 7.99. The van der Waals surface area contributed by atoms with E-state index in [0.717, 1.165) is 10.6 Å². The lowest BCUT2D eigenvalue weighted by molar-refractivity contribution is 1.27. The van der Waals surface area contributed by atoms with E-state index in [-0.39, 0.29) is 0 Å². The van der Waals surface area contributed by atoms with Crippen molar-refractivity contribution >= 4 is 29.1 Å². The van der Waals surface area contributed by atoms with Gasteiger partial charge in [0.25, 0.3) is 0 Å². The standard InChI is InChI=1S/C14H14ClNS/c1-9-3-5-12(7-10(9)2)17-14-6-4-11(15)8-13(14)16/h3-8H,16H2,1-2H3. The Morgan fingerprint density at radius 2 is 1.76 bits per heavy atom. The van der Waals surface area contributed by atoms with Gasteiger partial charge in [0, 0.05) is 20.5 Å². The van der Waals surface area contributed by atoms with E-state index in [4.69, 9.17) is 17.3 Å². The van der Waals surface area contributed by atoms with Gasteiger partial charge in [-0.25, -0.2) is 0 Å². The van der Waals surface area contributed by atoms with Gasteiger partial charge in [0.15, 0.2) is 0 Å². The lowest BCUT2D eigenvalue weighted by atomic mass is 10.1. The molecule has 2 aromatic carbocycles. The smallest absolute Gasteiger partial charge is 0.0470 e. The van der Waals surface area contributed by atoms with Crippen LogP contribution in [0.4, 0.5) is 5.69 Å². The van der Waals surface area contributed by atoms with Crippen molar-refractivity contribution < 1.29 is 0 Å². The van der Waals surface area contributed by atoms with Gasteiger partial charge >= 0.3 is 0 Å². The molecule has 0 fully saturated rings. The van der Waals surface area contributed by atoms with Crippen molar-refractivity contribution in [2.45, 2.75) is 23.6 Å². The van der Waals surface area contributed by atoms with Gasteiger partial charge in [-0.15, -0.1) is 0 Å². The Balaban J connectivity index is 2.28. The molecule has 0 bridgehead atoms. The van der Waals surface area contributed by atoms with Crippen molar-refractivity contribution in [3.05, 3.63) is 52.5 Å². The van der Waals surface area contributed by atoms with Crippen LogP contribution in [0.2, 0.25) is 5.02 Å². The molecule has 0 atom stereocenters.